The Morgan fingerprint density at radius 3 is 2.53 bits per heavy atom. The van der Waals surface area contributed by atoms with Crippen LogP contribution in [0.1, 0.15) is 22.3 Å². The van der Waals surface area contributed by atoms with E-state index in [0.29, 0.717) is 33.8 Å². The second-order valence-electron chi connectivity index (χ2n) is 8.39. The van der Waals surface area contributed by atoms with Crippen molar-refractivity contribution in [3.05, 3.63) is 105 Å². The van der Waals surface area contributed by atoms with E-state index in [0.717, 1.165) is 27.5 Å². The number of anilines is 1. The predicted octanol–water partition coefficient (Wildman–Crippen LogP) is 7.35. The molecule has 0 aliphatic carbocycles. The number of amides is 1. The van der Waals surface area contributed by atoms with Gasteiger partial charge in [0, 0.05) is 11.3 Å². The van der Waals surface area contributed by atoms with Crippen LogP contribution in [0.15, 0.2) is 82.8 Å². The fourth-order valence-electron chi connectivity index (χ4n) is 3.89. The van der Waals surface area contributed by atoms with E-state index in [1.807, 2.05) is 37.3 Å². The van der Waals surface area contributed by atoms with Crippen LogP contribution in [-0.2, 0) is 11.4 Å². The number of nitrogens with zero attached hydrogens (tertiary/aromatic N) is 1. The zero-order valence-electron chi connectivity index (χ0n) is 20.3. The van der Waals surface area contributed by atoms with Crippen LogP contribution in [0.2, 0.25) is 0 Å². The molecule has 180 valence electrons. The first-order chi connectivity index (χ1) is 17.4. The maximum atomic E-state index is 12.7. The lowest BCUT2D eigenvalue weighted by Gasteiger charge is -2.16. The molecule has 36 heavy (non-hydrogen) atoms. The van der Waals surface area contributed by atoms with Crippen molar-refractivity contribution in [2.75, 3.05) is 12.4 Å². The minimum Gasteiger partial charge on any atom is -0.493 e. The molecular formula is C30H25BrN2O3. The second kappa shape index (κ2) is 11.1. The number of nitriles is 1. The molecule has 0 heterocycles. The average Bonchev–Trinajstić information content (AvgIpc) is 2.88. The summed E-state index contributed by atoms with van der Waals surface area (Å²) in [5, 5.41) is 14.7. The molecule has 4 aromatic rings. The van der Waals surface area contributed by atoms with Gasteiger partial charge in [-0.2, -0.15) is 5.26 Å². The van der Waals surface area contributed by atoms with Crippen LogP contribution >= 0.6 is 15.9 Å². The second-order valence-corrected chi connectivity index (χ2v) is 9.25. The summed E-state index contributed by atoms with van der Waals surface area (Å²) in [6, 6.07) is 25.3. The van der Waals surface area contributed by atoms with Gasteiger partial charge in [-0.15, -0.1) is 0 Å². The molecule has 0 atom stereocenters. The SMILES string of the molecule is COc1cc(/C=C(\C#N)C(=O)Nc2ccc(C)cc2)cc(Br)c1OCc1c(C)ccc2ccccc12. The number of carbonyl (C=O) groups is 1. The Morgan fingerprint density at radius 2 is 1.81 bits per heavy atom. The monoisotopic (exact) mass is 540 g/mol. The highest BCUT2D eigenvalue weighted by atomic mass is 79.9. The van der Waals surface area contributed by atoms with Crippen molar-refractivity contribution in [1.29, 1.82) is 5.26 Å². The molecule has 0 fully saturated rings. The lowest BCUT2D eigenvalue weighted by Crippen LogP contribution is -2.13. The highest BCUT2D eigenvalue weighted by molar-refractivity contribution is 9.10. The summed E-state index contributed by atoms with van der Waals surface area (Å²) in [4.78, 5) is 12.7. The van der Waals surface area contributed by atoms with Gasteiger partial charge in [-0.3, -0.25) is 4.79 Å². The molecule has 1 amide bonds. The molecule has 4 aromatic carbocycles. The molecule has 0 saturated heterocycles. The number of rotatable bonds is 7. The third-order valence-electron chi connectivity index (χ3n) is 5.87. The van der Waals surface area contributed by atoms with Crippen LogP contribution in [0, 0.1) is 25.2 Å². The van der Waals surface area contributed by atoms with Crippen molar-refractivity contribution in [1.82, 2.24) is 0 Å². The van der Waals surface area contributed by atoms with Crippen LogP contribution in [-0.4, -0.2) is 13.0 Å². The first kappa shape index (κ1) is 25.0. The molecule has 0 saturated carbocycles. The number of carbonyl (C=O) groups excluding carboxylic acids is 1. The molecule has 6 heteroatoms. The van der Waals surface area contributed by atoms with Gasteiger partial charge in [0.1, 0.15) is 18.2 Å². The Morgan fingerprint density at radius 1 is 1.06 bits per heavy atom. The number of benzene rings is 4. The minimum atomic E-state index is -0.483. The van der Waals surface area contributed by atoms with Gasteiger partial charge in [-0.05, 0) is 82.0 Å². The van der Waals surface area contributed by atoms with Crippen LogP contribution in [0.3, 0.4) is 0 Å². The zero-order valence-corrected chi connectivity index (χ0v) is 21.8. The predicted molar refractivity (Wildman–Crippen MR) is 147 cm³/mol. The molecule has 4 rings (SSSR count). The zero-order chi connectivity index (χ0) is 25.7. The van der Waals surface area contributed by atoms with Crippen molar-refractivity contribution in [2.24, 2.45) is 0 Å². The van der Waals surface area contributed by atoms with Gasteiger partial charge < -0.3 is 14.8 Å². The average molecular weight is 541 g/mol. The van der Waals surface area contributed by atoms with Crippen LogP contribution in [0.25, 0.3) is 16.8 Å². The van der Waals surface area contributed by atoms with Crippen LogP contribution < -0.4 is 14.8 Å². The Labute approximate surface area is 219 Å². The van der Waals surface area contributed by atoms with Gasteiger partial charge in [0.2, 0.25) is 0 Å². The smallest absolute Gasteiger partial charge is 0.266 e. The van der Waals surface area contributed by atoms with Gasteiger partial charge in [0.25, 0.3) is 5.91 Å². The number of aryl methyl sites for hydroxylation is 2. The molecule has 0 bridgehead atoms. The van der Waals surface area contributed by atoms with E-state index < -0.39 is 5.91 Å². The topological polar surface area (TPSA) is 71.3 Å². The van der Waals surface area contributed by atoms with Gasteiger partial charge in [0.05, 0.1) is 11.6 Å². The van der Waals surface area contributed by atoms with Gasteiger partial charge in [0.15, 0.2) is 11.5 Å². The number of hydrogen-bond donors (Lipinski definition) is 1. The van der Waals surface area contributed by atoms with Crippen molar-refractivity contribution in [2.45, 2.75) is 20.5 Å². The first-order valence-corrected chi connectivity index (χ1v) is 12.2. The maximum absolute atomic E-state index is 12.7. The number of ether oxygens (including phenoxy) is 2. The quantitative estimate of drug-likeness (QED) is 0.196. The Bertz CT molecular complexity index is 1500. The Balaban J connectivity index is 1.58. The van der Waals surface area contributed by atoms with E-state index in [-0.39, 0.29) is 5.57 Å². The standard InChI is InChI=1S/C30H25BrN2O3/c1-19-8-12-24(13-9-19)33-30(34)23(17-32)14-21-15-27(31)29(28(16-21)35-3)36-18-26-20(2)10-11-22-6-4-5-7-25(22)26/h4-16H,18H2,1-3H3,(H,33,34)/b23-14+. The van der Waals surface area contributed by atoms with E-state index in [2.05, 4.69) is 52.4 Å². The third kappa shape index (κ3) is 5.59. The number of hydrogen-bond acceptors (Lipinski definition) is 4. The highest BCUT2D eigenvalue weighted by Crippen LogP contribution is 2.38. The van der Waals surface area contributed by atoms with Gasteiger partial charge in [-0.1, -0.05) is 54.1 Å². The third-order valence-corrected chi connectivity index (χ3v) is 6.46. The van der Waals surface area contributed by atoms with Crippen LogP contribution in [0.5, 0.6) is 11.5 Å². The van der Waals surface area contributed by atoms with E-state index in [4.69, 9.17) is 9.47 Å². The molecule has 0 radical (unpaired) electrons. The lowest BCUT2D eigenvalue weighted by molar-refractivity contribution is -0.112. The number of halogens is 1. The van der Waals surface area contributed by atoms with Crippen molar-refractivity contribution in [3.8, 4) is 17.6 Å². The molecule has 0 spiro atoms. The lowest BCUT2D eigenvalue weighted by atomic mass is 10.0. The maximum Gasteiger partial charge on any atom is 0.266 e. The molecule has 0 aliphatic heterocycles. The Kier molecular flexibility index (Phi) is 7.72. The molecular weight excluding hydrogens is 516 g/mol. The highest BCUT2D eigenvalue weighted by Gasteiger charge is 2.15. The van der Waals surface area contributed by atoms with Gasteiger partial charge in [-0.25, -0.2) is 0 Å². The fraction of sp³-hybridized carbons (Fsp3) is 0.133. The summed E-state index contributed by atoms with van der Waals surface area (Å²) < 4.78 is 12.5. The molecule has 0 unspecified atom stereocenters. The summed E-state index contributed by atoms with van der Waals surface area (Å²) >= 11 is 3.57. The van der Waals surface area contributed by atoms with Gasteiger partial charge >= 0.3 is 0 Å². The number of fused-ring (bicyclic) bond motifs is 1. The van der Waals surface area contributed by atoms with Crippen LogP contribution in [0.4, 0.5) is 5.69 Å². The molecule has 0 aromatic heterocycles. The summed E-state index contributed by atoms with van der Waals surface area (Å²) in [7, 11) is 1.56. The number of nitrogens with one attached hydrogen (secondary N) is 1. The van der Waals surface area contributed by atoms with Crippen molar-refractivity contribution < 1.29 is 14.3 Å². The largest absolute Gasteiger partial charge is 0.493 e. The van der Waals surface area contributed by atoms with E-state index in [1.165, 1.54) is 6.08 Å². The molecule has 1 N–H and O–H groups in total. The minimum absolute atomic E-state index is 0.0235. The summed E-state index contributed by atoms with van der Waals surface area (Å²) in [5.41, 5.74) is 4.55. The van der Waals surface area contributed by atoms with E-state index in [9.17, 15) is 10.1 Å². The number of methoxy groups -OCH3 is 1. The Hall–Kier alpha value is -4.08. The first-order valence-electron chi connectivity index (χ1n) is 11.4. The fourth-order valence-corrected chi connectivity index (χ4v) is 4.47. The van der Waals surface area contributed by atoms with Crippen molar-refractivity contribution >= 4 is 44.4 Å². The van der Waals surface area contributed by atoms with E-state index in [1.54, 1.807) is 31.4 Å². The normalized spacial score (nSPS) is 11.1. The summed E-state index contributed by atoms with van der Waals surface area (Å²) in [6.45, 7) is 4.39. The van der Waals surface area contributed by atoms with E-state index >= 15 is 0 Å². The summed E-state index contributed by atoms with van der Waals surface area (Å²) in [6.07, 6.45) is 1.52. The summed E-state index contributed by atoms with van der Waals surface area (Å²) in [5.74, 6) is 0.553. The molecule has 5 nitrogen and oxygen atoms in total. The molecule has 0 aliphatic rings. The van der Waals surface area contributed by atoms with Crippen molar-refractivity contribution in [3.63, 3.8) is 0 Å².